The summed E-state index contributed by atoms with van der Waals surface area (Å²) in [4.78, 5) is 38.1. The minimum absolute atomic E-state index is 0.135. The Hall–Kier alpha value is -3.78. The van der Waals surface area contributed by atoms with Crippen molar-refractivity contribution in [3.05, 3.63) is 104 Å². The maximum Gasteiger partial charge on any atom is 0.282 e. The van der Waals surface area contributed by atoms with Crippen LogP contribution < -0.4 is 5.32 Å². The van der Waals surface area contributed by atoms with Gasteiger partial charge in [0, 0.05) is 22.3 Å². The third-order valence-electron chi connectivity index (χ3n) is 4.97. The van der Waals surface area contributed by atoms with Gasteiger partial charge in [-0.05, 0) is 35.9 Å². The zero-order valence-electron chi connectivity index (χ0n) is 15.9. The number of anilines is 1. The molecule has 1 aliphatic rings. The van der Waals surface area contributed by atoms with Gasteiger partial charge in [-0.2, -0.15) is 0 Å². The number of benzene rings is 3. The van der Waals surface area contributed by atoms with Gasteiger partial charge in [0.1, 0.15) is 17.9 Å². The number of carbonyl (C=O) groups is 2. The molecule has 0 fully saturated rings. The molecule has 1 atom stereocenters. The van der Waals surface area contributed by atoms with Gasteiger partial charge in [0.25, 0.3) is 11.6 Å². The number of nitrogens with zero attached hydrogens (tertiary/aromatic N) is 2. The number of rotatable bonds is 3. The van der Waals surface area contributed by atoms with E-state index in [-0.39, 0.29) is 10.6 Å². The number of halogens is 2. The lowest BCUT2D eigenvalue weighted by Crippen LogP contribution is -2.39. The molecule has 0 aromatic heterocycles. The molecule has 0 aliphatic carbocycles. The van der Waals surface area contributed by atoms with Gasteiger partial charge in [-0.15, -0.1) is 0 Å². The minimum atomic E-state index is -0.864. The molecule has 0 saturated heterocycles. The first-order valence-corrected chi connectivity index (χ1v) is 9.62. The van der Waals surface area contributed by atoms with Crippen LogP contribution in [0.1, 0.15) is 27.5 Å². The van der Waals surface area contributed by atoms with E-state index < -0.39 is 40.8 Å². The van der Waals surface area contributed by atoms with E-state index in [0.717, 1.165) is 6.07 Å². The van der Waals surface area contributed by atoms with Gasteiger partial charge in [0.2, 0.25) is 5.91 Å². The van der Waals surface area contributed by atoms with Gasteiger partial charge < -0.3 is 10.2 Å². The number of hydrogen-bond acceptors (Lipinski definition) is 4. The van der Waals surface area contributed by atoms with Crippen LogP contribution in [0.2, 0.25) is 5.02 Å². The standard InChI is InChI=1S/C22H15ClFN3O4/c23-14-6-9-19(27(30)31)17(10-14)22(29)26-12-20(28)25-18-8-7-15(24)11-16(18)21(26)13-4-2-1-3-5-13/h1-11,21H,12H2,(H,25,28). The molecule has 0 spiro atoms. The van der Waals surface area contributed by atoms with E-state index in [4.69, 9.17) is 11.6 Å². The highest BCUT2D eigenvalue weighted by Gasteiger charge is 2.36. The van der Waals surface area contributed by atoms with Gasteiger partial charge in [-0.3, -0.25) is 19.7 Å². The molecule has 31 heavy (non-hydrogen) atoms. The Kier molecular flexibility index (Phi) is 5.39. The fourth-order valence-electron chi connectivity index (χ4n) is 3.65. The summed E-state index contributed by atoms with van der Waals surface area (Å²) in [5, 5.41) is 14.3. The van der Waals surface area contributed by atoms with Gasteiger partial charge in [-0.1, -0.05) is 41.9 Å². The van der Waals surface area contributed by atoms with E-state index in [9.17, 15) is 24.1 Å². The van der Waals surface area contributed by atoms with Crippen molar-refractivity contribution in [3.63, 3.8) is 0 Å². The predicted molar refractivity (Wildman–Crippen MR) is 112 cm³/mol. The zero-order valence-corrected chi connectivity index (χ0v) is 16.7. The lowest BCUT2D eigenvalue weighted by molar-refractivity contribution is -0.385. The van der Waals surface area contributed by atoms with Crippen LogP contribution in [0.15, 0.2) is 66.7 Å². The van der Waals surface area contributed by atoms with Crippen LogP contribution in [0.25, 0.3) is 0 Å². The maximum atomic E-state index is 14.2. The van der Waals surface area contributed by atoms with Crippen molar-refractivity contribution >= 4 is 34.8 Å². The second-order valence-electron chi connectivity index (χ2n) is 6.94. The van der Waals surface area contributed by atoms with Crippen LogP contribution in [0.4, 0.5) is 15.8 Å². The fraction of sp³-hybridized carbons (Fsp3) is 0.0909. The van der Waals surface area contributed by atoms with E-state index in [0.29, 0.717) is 16.8 Å². The Morgan fingerprint density at radius 2 is 1.87 bits per heavy atom. The van der Waals surface area contributed by atoms with Crippen molar-refractivity contribution in [1.82, 2.24) is 4.90 Å². The summed E-state index contributed by atoms with van der Waals surface area (Å²) in [6, 6.07) is 15.4. The van der Waals surface area contributed by atoms with Gasteiger partial charge in [0.15, 0.2) is 0 Å². The molecule has 0 bridgehead atoms. The maximum absolute atomic E-state index is 14.2. The molecule has 7 nitrogen and oxygen atoms in total. The smallest absolute Gasteiger partial charge is 0.282 e. The highest BCUT2D eigenvalue weighted by Crippen LogP contribution is 2.38. The van der Waals surface area contributed by atoms with E-state index in [1.165, 1.54) is 35.2 Å². The van der Waals surface area contributed by atoms with E-state index in [1.807, 2.05) is 0 Å². The summed E-state index contributed by atoms with van der Waals surface area (Å²) in [5.74, 6) is -1.82. The number of nitro benzene ring substituents is 1. The monoisotopic (exact) mass is 439 g/mol. The molecule has 0 saturated carbocycles. The molecular weight excluding hydrogens is 425 g/mol. The average molecular weight is 440 g/mol. The Labute approximate surface area is 181 Å². The van der Waals surface area contributed by atoms with Gasteiger partial charge in [-0.25, -0.2) is 4.39 Å². The molecule has 1 N–H and O–H groups in total. The number of carbonyl (C=O) groups excluding carboxylic acids is 2. The third kappa shape index (κ3) is 3.97. The van der Waals surface area contributed by atoms with Crippen molar-refractivity contribution < 1.29 is 18.9 Å². The predicted octanol–water partition coefficient (Wildman–Crippen LogP) is 4.57. The second kappa shape index (κ2) is 8.16. The SMILES string of the molecule is O=C1CN(C(=O)c2cc(Cl)ccc2[N+](=O)[O-])C(c2ccccc2)c2cc(F)ccc2N1. The van der Waals surface area contributed by atoms with E-state index in [1.54, 1.807) is 30.3 Å². The summed E-state index contributed by atoms with van der Waals surface area (Å²) in [6.45, 7) is -0.391. The van der Waals surface area contributed by atoms with Crippen molar-refractivity contribution in [2.45, 2.75) is 6.04 Å². The quantitative estimate of drug-likeness (QED) is 0.478. The fourth-order valence-corrected chi connectivity index (χ4v) is 3.83. The van der Waals surface area contributed by atoms with Crippen LogP contribution in [0, 0.1) is 15.9 Å². The number of nitrogens with one attached hydrogen (secondary N) is 1. The number of fused-ring (bicyclic) bond motifs is 1. The summed E-state index contributed by atoms with van der Waals surface area (Å²) in [5.41, 5.74) is 0.631. The Bertz CT molecular complexity index is 1200. The molecule has 3 aromatic rings. The van der Waals surface area contributed by atoms with E-state index >= 15 is 0 Å². The summed E-state index contributed by atoms with van der Waals surface area (Å²) in [6.07, 6.45) is 0. The highest BCUT2D eigenvalue weighted by molar-refractivity contribution is 6.31. The largest absolute Gasteiger partial charge is 0.324 e. The molecule has 2 amide bonds. The Balaban J connectivity index is 1.93. The van der Waals surface area contributed by atoms with Crippen molar-refractivity contribution in [3.8, 4) is 0 Å². The zero-order chi connectivity index (χ0) is 22.1. The lowest BCUT2D eigenvalue weighted by atomic mass is 9.95. The van der Waals surface area contributed by atoms with Crippen molar-refractivity contribution in [1.29, 1.82) is 0 Å². The van der Waals surface area contributed by atoms with Crippen LogP contribution in [0.3, 0.4) is 0 Å². The molecule has 3 aromatic carbocycles. The highest BCUT2D eigenvalue weighted by atomic mass is 35.5. The normalized spacial score (nSPS) is 15.6. The van der Waals surface area contributed by atoms with Crippen LogP contribution >= 0.6 is 11.6 Å². The second-order valence-corrected chi connectivity index (χ2v) is 7.38. The minimum Gasteiger partial charge on any atom is -0.324 e. The van der Waals surface area contributed by atoms with Crippen LogP contribution in [0.5, 0.6) is 0 Å². The van der Waals surface area contributed by atoms with Crippen molar-refractivity contribution in [2.24, 2.45) is 0 Å². The summed E-state index contributed by atoms with van der Waals surface area (Å²) < 4.78 is 14.2. The molecule has 1 unspecified atom stereocenters. The first-order valence-electron chi connectivity index (χ1n) is 9.24. The first kappa shape index (κ1) is 20.5. The van der Waals surface area contributed by atoms with Crippen LogP contribution in [-0.2, 0) is 4.79 Å². The van der Waals surface area contributed by atoms with Gasteiger partial charge >= 0.3 is 0 Å². The number of amides is 2. The summed E-state index contributed by atoms with van der Waals surface area (Å²) >= 11 is 6.00. The number of nitro groups is 1. The molecule has 1 heterocycles. The lowest BCUT2D eigenvalue weighted by Gasteiger charge is -2.30. The molecule has 4 rings (SSSR count). The molecule has 0 radical (unpaired) electrons. The van der Waals surface area contributed by atoms with E-state index in [2.05, 4.69) is 5.32 Å². The summed E-state index contributed by atoms with van der Waals surface area (Å²) in [7, 11) is 0. The molecule has 9 heteroatoms. The van der Waals surface area contributed by atoms with Crippen LogP contribution in [-0.4, -0.2) is 28.2 Å². The molecule has 156 valence electrons. The molecule has 1 aliphatic heterocycles. The third-order valence-corrected chi connectivity index (χ3v) is 5.20. The first-order chi connectivity index (χ1) is 14.8. The number of hydrogen-bond donors (Lipinski definition) is 1. The Morgan fingerprint density at radius 3 is 2.58 bits per heavy atom. The topological polar surface area (TPSA) is 92.5 Å². The Morgan fingerprint density at radius 1 is 1.13 bits per heavy atom. The average Bonchev–Trinajstić information content (AvgIpc) is 2.89. The van der Waals surface area contributed by atoms with Crippen molar-refractivity contribution in [2.75, 3.05) is 11.9 Å². The van der Waals surface area contributed by atoms with Gasteiger partial charge in [0.05, 0.1) is 11.0 Å². The molecular formula is C22H15ClFN3O4.